The molecule has 1 atom stereocenters. The molecule has 13 heavy (non-hydrogen) atoms. The van der Waals surface area contributed by atoms with Gasteiger partial charge in [-0.1, -0.05) is 0 Å². The van der Waals surface area contributed by atoms with Gasteiger partial charge in [0, 0.05) is 0 Å². The first-order chi connectivity index (χ1) is 6.10. The average molecular weight is 212 g/mol. The Kier molecular flexibility index (Phi) is 6.82. The van der Waals surface area contributed by atoms with E-state index in [0.29, 0.717) is 19.6 Å². The van der Waals surface area contributed by atoms with Crippen LogP contribution in [0.15, 0.2) is 0 Å². The number of aliphatic hydroxyl groups is 1. The Labute approximate surface area is 80.5 Å². The van der Waals surface area contributed by atoms with Gasteiger partial charge in [-0.2, -0.15) is 0 Å². The minimum absolute atomic E-state index is 0.365. The summed E-state index contributed by atoms with van der Waals surface area (Å²) < 4.78 is 10.2. The zero-order chi connectivity index (χ0) is 10.3. The van der Waals surface area contributed by atoms with Gasteiger partial charge in [-0.3, -0.25) is 0 Å². The second kappa shape index (κ2) is 6.68. The van der Waals surface area contributed by atoms with E-state index in [1.807, 2.05) is 6.92 Å². The van der Waals surface area contributed by atoms with E-state index >= 15 is 0 Å². The molecule has 5 heteroatoms. The van der Waals surface area contributed by atoms with E-state index in [0.717, 1.165) is 6.42 Å². The van der Waals surface area contributed by atoms with E-state index in [2.05, 4.69) is 0 Å². The monoisotopic (exact) mass is 212 g/mol. The molecule has 82 valence electrons. The fourth-order valence-corrected chi connectivity index (χ4v) is 3.05. The Morgan fingerprint density at radius 2 is 1.62 bits per heavy atom. The Morgan fingerprint density at radius 3 is 1.92 bits per heavy atom. The SMILES string of the molecule is CCCC(O)[PH](O)(OCC)OCC. The predicted molar refractivity (Wildman–Crippen MR) is 54.7 cm³/mol. The molecule has 4 nitrogen and oxygen atoms in total. The average Bonchev–Trinajstić information content (AvgIpc) is 2.05. The van der Waals surface area contributed by atoms with Crippen molar-refractivity contribution in [3.8, 4) is 0 Å². The second-order valence-electron chi connectivity index (χ2n) is 2.80. The molecule has 0 aromatic carbocycles. The van der Waals surface area contributed by atoms with E-state index in [1.165, 1.54) is 0 Å². The summed E-state index contributed by atoms with van der Waals surface area (Å²) in [6.07, 6.45) is 1.32. The molecule has 0 bridgehead atoms. The van der Waals surface area contributed by atoms with Crippen molar-refractivity contribution < 1.29 is 19.0 Å². The third-order valence-electron chi connectivity index (χ3n) is 1.69. The first-order valence-corrected chi connectivity index (χ1v) is 6.63. The topological polar surface area (TPSA) is 58.9 Å². The van der Waals surface area contributed by atoms with E-state index in [1.54, 1.807) is 13.8 Å². The third-order valence-corrected chi connectivity index (χ3v) is 4.22. The molecule has 0 aliphatic heterocycles. The van der Waals surface area contributed by atoms with Gasteiger partial charge in [-0.15, -0.1) is 0 Å². The summed E-state index contributed by atoms with van der Waals surface area (Å²) in [6.45, 7) is 6.22. The van der Waals surface area contributed by atoms with Gasteiger partial charge in [0.1, 0.15) is 0 Å². The van der Waals surface area contributed by atoms with Crippen LogP contribution in [0.4, 0.5) is 0 Å². The Balaban J connectivity index is 4.18. The van der Waals surface area contributed by atoms with Gasteiger partial charge in [0.15, 0.2) is 0 Å². The predicted octanol–water partition coefficient (Wildman–Crippen LogP) is 1.67. The number of aliphatic hydroxyl groups excluding tert-OH is 1. The molecule has 0 amide bonds. The first-order valence-electron chi connectivity index (χ1n) is 4.79. The molecule has 0 spiro atoms. The summed E-state index contributed by atoms with van der Waals surface area (Å²) in [4.78, 5) is 9.86. The molecule has 0 aliphatic rings. The maximum absolute atomic E-state index is 9.86. The van der Waals surface area contributed by atoms with Crippen LogP contribution in [0.25, 0.3) is 0 Å². The Hall–Kier alpha value is 0.270. The molecule has 0 radical (unpaired) electrons. The quantitative estimate of drug-likeness (QED) is 0.630. The molecule has 0 saturated heterocycles. The van der Waals surface area contributed by atoms with Gasteiger partial charge in [0.05, 0.1) is 0 Å². The molecule has 0 aromatic rings. The van der Waals surface area contributed by atoms with Crippen LogP contribution in [0.2, 0.25) is 0 Å². The molecule has 1 unspecified atom stereocenters. The van der Waals surface area contributed by atoms with Crippen molar-refractivity contribution in [1.29, 1.82) is 0 Å². The standard InChI is InChI=1S/C8H21O4P/c1-4-7-8(9)13(10,11-5-2)12-6-3/h8-10,13H,4-7H2,1-3H3. The molecule has 0 heterocycles. The number of hydrogen-bond acceptors (Lipinski definition) is 4. The molecule has 0 saturated carbocycles. The van der Waals surface area contributed by atoms with E-state index in [4.69, 9.17) is 9.05 Å². The van der Waals surface area contributed by atoms with Crippen molar-refractivity contribution >= 4 is 7.94 Å². The van der Waals surface area contributed by atoms with Crippen LogP contribution in [-0.2, 0) is 9.05 Å². The molecule has 0 fully saturated rings. The van der Waals surface area contributed by atoms with Crippen LogP contribution < -0.4 is 0 Å². The Bertz CT molecular complexity index is 125. The van der Waals surface area contributed by atoms with Gasteiger partial charge in [-0.05, 0) is 0 Å². The van der Waals surface area contributed by atoms with E-state index < -0.39 is 13.8 Å². The number of rotatable bonds is 7. The fraction of sp³-hybridized carbons (Fsp3) is 1.00. The molecular formula is C8H21O4P. The fourth-order valence-electron chi connectivity index (χ4n) is 1.10. The van der Waals surface area contributed by atoms with Crippen molar-refractivity contribution in [1.82, 2.24) is 0 Å². The van der Waals surface area contributed by atoms with Crippen LogP contribution in [-0.4, -0.2) is 29.1 Å². The van der Waals surface area contributed by atoms with Gasteiger partial charge >= 0.3 is 79.7 Å². The summed E-state index contributed by atoms with van der Waals surface area (Å²) in [5.41, 5.74) is 0. The summed E-state index contributed by atoms with van der Waals surface area (Å²) >= 11 is 0. The van der Waals surface area contributed by atoms with Crippen molar-refractivity contribution in [3.05, 3.63) is 0 Å². The van der Waals surface area contributed by atoms with Crippen molar-refractivity contribution in [3.63, 3.8) is 0 Å². The summed E-state index contributed by atoms with van der Waals surface area (Å²) in [6, 6.07) is 0. The van der Waals surface area contributed by atoms with Crippen LogP contribution in [0.3, 0.4) is 0 Å². The number of hydrogen-bond donors (Lipinski definition) is 2. The zero-order valence-corrected chi connectivity index (χ0v) is 9.62. The van der Waals surface area contributed by atoms with E-state index in [9.17, 15) is 10.00 Å². The summed E-state index contributed by atoms with van der Waals surface area (Å²) in [7, 11) is -3.32. The zero-order valence-electron chi connectivity index (χ0n) is 8.62. The molecule has 0 aromatic heterocycles. The summed E-state index contributed by atoms with van der Waals surface area (Å²) in [5, 5.41) is 9.59. The Morgan fingerprint density at radius 1 is 1.15 bits per heavy atom. The minimum atomic E-state index is -3.32. The van der Waals surface area contributed by atoms with Crippen LogP contribution in [0.5, 0.6) is 0 Å². The van der Waals surface area contributed by atoms with Gasteiger partial charge in [0.2, 0.25) is 0 Å². The molecular weight excluding hydrogens is 191 g/mol. The molecule has 0 aliphatic carbocycles. The first kappa shape index (κ1) is 13.3. The summed E-state index contributed by atoms with van der Waals surface area (Å²) in [5.74, 6) is -0.850. The molecule has 2 N–H and O–H groups in total. The van der Waals surface area contributed by atoms with E-state index in [-0.39, 0.29) is 0 Å². The van der Waals surface area contributed by atoms with Crippen molar-refractivity contribution in [2.75, 3.05) is 13.2 Å². The van der Waals surface area contributed by atoms with Crippen LogP contribution in [0, 0.1) is 0 Å². The van der Waals surface area contributed by atoms with Crippen molar-refractivity contribution in [2.45, 2.75) is 39.5 Å². The van der Waals surface area contributed by atoms with Crippen LogP contribution >= 0.6 is 7.94 Å². The maximum atomic E-state index is 9.86. The molecule has 0 rings (SSSR count). The third kappa shape index (κ3) is 4.34. The normalized spacial score (nSPS) is 15.8. The second-order valence-corrected chi connectivity index (χ2v) is 5.31. The van der Waals surface area contributed by atoms with Gasteiger partial charge in [-0.25, -0.2) is 0 Å². The van der Waals surface area contributed by atoms with Crippen molar-refractivity contribution in [2.24, 2.45) is 0 Å². The van der Waals surface area contributed by atoms with Gasteiger partial charge in [0.25, 0.3) is 0 Å². The van der Waals surface area contributed by atoms with Crippen LogP contribution in [0.1, 0.15) is 33.6 Å². The van der Waals surface area contributed by atoms with Gasteiger partial charge < -0.3 is 0 Å².